The summed E-state index contributed by atoms with van der Waals surface area (Å²) in [6, 6.07) is 4.76. The second-order valence-electron chi connectivity index (χ2n) is 6.15. The molecule has 10 nitrogen and oxygen atoms in total. The summed E-state index contributed by atoms with van der Waals surface area (Å²) in [5, 5.41) is 19.8. The normalized spacial score (nSPS) is 28.1. The minimum Gasteiger partial charge on any atom is -0.455 e. The van der Waals surface area contributed by atoms with Gasteiger partial charge in [0, 0.05) is 5.39 Å². The number of amides is 6. The van der Waals surface area contributed by atoms with Crippen molar-refractivity contribution in [2.45, 2.75) is 24.6 Å². The first-order chi connectivity index (χ1) is 12.3. The summed E-state index contributed by atoms with van der Waals surface area (Å²) in [6.45, 7) is 1.76. The van der Waals surface area contributed by atoms with E-state index >= 15 is 0 Å². The van der Waals surface area contributed by atoms with Crippen LogP contribution in [0.1, 0.15) is 24.7 Å². The minimum absolute atomic E-state index is 0.168. The zero-order valence-electron chi connectivity index (χ0n) is 13.5. The Kier molecular flexibility index (Phi) is 3.13. The molecule has 6 amide bonds. The summed E-state index contributed by atoms with van der Waals surface area (Å²) < 4.78 is 5.49. The summed E-state index contributed by atoms with van der Waals surface area (Å²) in [5.74, 6) is -1.58. The van der Waals surface area contributed by atoms with Crippen LogP contribution in [0.25, 0.3) is 11.0 Å². The molecule has 0 aliphatic carbocycles. The van der Waals surface area contributed by atoms with Crippen molar-refractivity contribution in [3.8, 4) is 0 Å². The van der Waals surface area contributed by atoms with Crippen molar-refractivity contribution in [2.75, 3.05) is 0 Å². The second-order valence-corrected chi connectivity index (χ2v) is 6.15. The first-order valence-corrected chi connectivity index (χ1v) is 7.82. The highest BCUT2D eigenvalue weighted by Crippen LogP contribution is 2.34. The van der Waals surface area contributed by atoms with Gasteiger partial charge in [0.2, 0.25) is 0 Å². The Labute approximate surface area is 145 Å². The summed E-state index contributed by atoms with van der Waals surface area (Å²) in [6.07, 6.45) is 0.323. The third kappa shape index (κ3) is 2.02. The molecule has 2 fully saturated rings. The van der Waals surface area contributed by atoms with Crippen LogP contribution >= 0.6 is 0 Å². The SMILES string of the molecule is CCC1(c2ccc3oc(C4(O)NC(=O)NC4=O)cc3c2)NC(=O)NC1=O. The predicted molar refractivity (Wildman–Crippen MR) is 85.4 cm³/mol. The first-order valence-electron chi connectivity index (χ1n) is 7.82. The van der Waals surface area contributed by atoms with Crippen molar-refractivity contribution in [3.63, 3.8) is 0 Å². The number of furan rings is 1. The van der Waals surface area contributed by atoms with Crippen molar-refractivity contribution in [2.24, 2.45) is 0 Å². The van der Waals surface area contributed by atoms with Crippen LogP contribution in [0.4, 0.5) is 9.59 Å². The average Bonchev–Trinajstić information content (AvgIpc) is 3.22. The standard InChI is InChI=1S/C16H14N4O6/c1-2-15(11(21)17-13(23)19-15)8-3-4-9-7(5-8)6-10(26-9)16(25)12(22)18-14(24)20-16/h3-6,25H,2H2,1H3,(H2,17,19,21,23)(H2,18,20,22,24). The number of carbonyl (C=O) groups is 4. The fraction of sp³-hybridized carbons (Fsp3) is 0.250. The quantitative estimate of drug-likeness (QED) is 0.482. The van der Waals surface area contributed by atoms with Gasteiger partial charge in [0.05, 0.1) is 0 Å². The molecular weight excluding hydrogens is 344 g/mol. The van der Waals surface area contributed by atoms with Gasteiger partial charge in [-0.3, -0.25) is 25.5 Å². The summed E-state index contributed by atoms with van der Waals surface area (Å²) in [7, 11) is 0. The largest absolute Gasteiger partial charge is 0.455 e. The topological polar surface area (TPSA) is 150 Å². The molecule has 2 aliphatic heterocycles. The lowest BCUT2D eigenvalue weighted by atomic mass is 9.87. The summed E-state index contributed by atoms with van der Waals surface area (Å²) >= 11 is 0. The summed E-state index contributed by atoms with van der Waals surface area (Å²) in [5.41, 5.74) is -2.66. The monoisotopic (exact) mass is 358 g/mol. The number of hydrogen-bond acceptors (Lipinski definition) is 6. The first kappa shape index (κ1) is 16.1. The lowest BCUT2D eigenvalue weighted by Crippen LogP contribution is -2.43. The molecule has 2 aliphatic rings. The Balaban J connectivity index is 1.80. The van der Waals surface area contributed by atoms with Crippen molar-refractivity contribution >= 4 is 34.8 Å². The number of carbonyl (C=O) groups excluding carboxylic acids is 4. The number of rotatable bonds is 3. The molecule has 3 heterocycles. The van der Waals surface area contributed by atoms with Gasteiger partial charge in [0.15, 0.2) is 5.76 Å². The van der Waals surface area contributed by atoms with Crippen LogP contribution in [-0.2, 0) is 20.9 Å². The lowest BCUT2D eigenvalue weighted by Gasteiger charge is -2.24. The Morgan fingerprint density at radius 1 is 1.00 bits per heavy atom. The fourth-order valence-corrected chi connectivity index (χ4v) is 3.25. The van der Waals surface area contributed by atoms with Gasteiger partial charge in [0.25, 0.3) is 17.5 Å². The molecule has 2 aromatic rings. The average molecular weight is 358 g/mol. The van der Waals surface area contributed by atoms with Gasteiger partial charge < -0.3 is 14.8 Å². The Morgan fingerprint density at radius 2 is 1.69 bits per heavy atom. The molecule has 10 heteroatoms. The molecular formula is C16H14N4O6. The summed E-state index contributed by atoms with van der Waals surface area (Å²) in [4.78, 5) is 47.0. The number of urea groups is 2. The number of benzene rings is 1. The highest BCUT2D eigenvalue weighted by Gasteiger charge is 2.49. The van der Waals surface area contributed by atoms with E-state index in [-0.39, 0.29) is 5.76 Å². The molecule has 2 saturated heterocycles. The van der Waals surface area contributed by atoms with Crippen molar-refractivity contribution in [1.29, 1.82) is 0 Å². The van der Waals surface area contributed by atoms with E-state index in [1.807, 2.05) is 5.32 Å². The van der Waals surface area contributed by atoms with Crippen LogP contribution in [-0.4, -0.2) is 29.0 Å². The maximum atomic E-state index is 12.3. The van der Waals surface area contributed by atoms with E-state index in [0.29, 0.717) is 23.0 Å². The zero-order chi connectivity index (χ0) is 18.7. The van der Waals surface area contributed by atoms with Crippen molar-refractivity contribution in [1.82, 2.24) is 21.3 Å². The zero-order valence-corrected chi connectivity index (χ0v) is 13.5. The third-order valence-electron chi connectivity index (χ3n) is 4.69. The third-order valence-corrected chi connectivity index (χ3v) is 4.69. The van der Waals surface area contributed by atoms with Crippen molar-refractivity contribution < 1.29 is 28.7 Å². The van der Waals surface area contributed by atoms with Crippen LogP contribution in [0.15, 0.2) is 28.7 Å². The molecule has 0 spiro atoms. The maximum Gasteiger partial charge on any atom is 0.324 e. The molecule has 0 radical (unpaired) electrons. The molecule has 0 saturated carbocycles. The van der Waals surface area contributed by atoms with Crippen LogP contribution in [0.5, 0.6) is 0 Å². The Hall–Kier alpha value is -3.40. The van der Waals surface area contributed by atoms with Gasteiger partial charge in [-0.05, 0) is 30.2 Å². The van der Waals surface area contributed by atoms with E-state index in [2.05, 4.69) is 16.0 Å². The number of aliphatic hydroxyl groups is 1. The van der Waals surface area contributed by atoms with Gasteiger partial charge in [-0.1, -0.05) is 13.0 Å². The highest BCUT2D eigenvalue weighted by atomic mass is 16.4. The fourth-order valence-electron chi connectivity index (χ4n) is 3.25. The van der Waals surface area contributed by atoms with Crippen LogP contribution in [0.3, 0.4) is 0 Å². The van der Waals surface area contributed by atoms with Gasteiger partial charge in [0.1, 0.15) is 11.1 Å². The maximum absolute atomic E-state index is 12.3. The van der Waals surface area contributed by atoms with E-state index in [9.17, 15) is 24.3 Å². The Bertz CT molecular complexity index is 998. The van der Waals surface area contributed by atoms with Crippen molar-refractivity contribution in [3.05, 3.63) is 35.6 Å². The molecule has 2 atom stereocenters. The minimum atomic E-state index is -2.31. The van der Waals surface area contributed by atoms with E-state index in [1.165, 1.54) is 6.07 Å². The Morgan fingerprint density at radius 3 is 2.27 bits per heavy atom. The van der Waals surface area contributed by atoms with E-state index in [1.54, 1.807) is 25.1 Å². The molecule has 1 aromatic heterocycles. The van der Waals surface area contributed by atoms with E-state index in [0.717, 1.165) is 0 Å². The van der Waals surface area contributed by atoms with Gasteiger partial charge >= 0.3 is 12.1 Å². The van der Waals surface area contributed by atoms with Gasteiger partial charge in [-0.25, -0.2) is 9.59 Å². The van der Waals surface area contributed by atoms with Gasteiger partial charge in [-0.15, -0.1) is 0 Å². The van der Waals surface area contributed by atoms with Gasteiger partial charge in [-0.2, -0.15) is 0 Å². The van der Waals surface area contributed by atoms with Crippen LogP contribution in [0.2, 0.25) is 0 Å². The molecule has 5 N–H and O–H groups in total. The number of fused-ring (bicyclic) bond motifs is 1. The van der Waals surface area contributed by atoms with E-state index in [4.69, 9.17) is 4.42 Å². The molecule has 4 rings (SSSR count). The lowest BCUT2D eigenvalue weighted by molar-refractivity contribution is -0.139. The van der Waals surface area contributed by atoms with Crippen LogP contribution in [0, 0.1) is 0 Å². The number of imide groups is 2. The smallest absolute Gasteiger partial charge is 0.324 e. The number of nitrogens with one attached hydrogen (secondary N) is 4. The highest BCUT2D eigenvalue weighted by molar-refractivity contribution is 6.08. The predicted octanol–water partition coefficient (Wildman–Crippen LogP) is -0.138. The second kappa shape index (κ2) is 5.05. The molecule has 134 valence electrons. The molecule has 0 bridgehead atoms. The molecule has 1 aromatic carbocycles. The van der Waals surface area contributed by atoms with Crippen LogP contribution < -0.4 is 21.3 Å². The number of hydrogen-bond donors (Lipinski definition) is 5. The molecule has 2 unspecified atom stereocenters. The van der Waals surface area contributed by atoms with E-state index < -0.39 is 35.1 Å². The molecule has 26 heavy (non-hydrogen) atoms.